The lowest BCUT2D eigenvalue weighted by atomic mass is 10.1. The van der Waals surface area contributed by atoms with Gasteiger partial charge in [-0.1, -0.05) is 30.3 Å². The number of nitrogens with zero attached hydrogens (tertiary/aromatic N) is 7. The van der Waals surface area contributed by atoms with Gasteiger partial charge in [-0.3, -0.25) is 9.88 Å². The number of benzene rings is 1. The summed E-state index contributed by atoms with van der Waals surface area (Å²) < 4.78 is 1.80. The molecule has 1 aliphatic heterocycles. The summed E-state index contributed by atoms with van der Waals surface area (Å²) in [6.45, 7) is 2.89. The smallest absolute Gasteiger partial charge is 0.187 e. The first kappa shape index (κ1) is 16.8. The number of hydrogen-bond acceptors (Lipinski definition) is 6. The molecule has 4 aromatic rings. The van der Waals surface area contributed by atoms with E-state index in [1.165, 1.54) is 5.56 Å². The van der Waals surface area contributed by atoms with Crippen LogP contribution in [-0.2, 0) is 6.54 Å². The van der Waals surface area contributed by atoms with Crippen LogP contribution in [0.2, 0.25) is 0 Å². The van der Waals surface area contributed by atoms with E-state index < -0.39 is 0 Å². The molecule has 0 saturated carbocycles. The summed E-state index contributed by atoms with van der Waals surface area (Å²) in [7, 11) is 2.19. The van der Waals surface area contributed by atoms with Crippen LogP contribution in [0.3, 0.4) is 0 Å². The summed E-state index contributed by atoms with van der Waals surface area (Å²) in [4.78, 5) is 8.87. The molecule has 0 N–H and O–H groups in total. The van der Waals surface area contributed by atoms with Crippen molar-refractivity contribution in [2.75, 3.05) is 25.0 Å². The van der Waals surface area contributed by atoms with Gasteiger partial charge in [-0.15, -0.1) is 15.3 Å². The van der Waals surface area contributed by atoms with E-state index in [-0.39, 0.29) is 0 Å². The quantitative estimate of drug-likeness (QED) is 0.537. The summed E-state index contributed by atoms with van der Waals surface area (Å²) in [5.41, 5.74) is 2.98. The molecule has 1 aliphatic rings. The van der Waals surface area contributed by atoms with Crippen LogP contribution in [0.1, 0.15) is 5.56 Å². The highest BCUT2D eigenvalue weighted by Gasteiger charge is 2.31. The van der Waals surface area contributed by atoms with Crippen molar-refractivity contribution in [3.05, 3.63) is 72.6 Å². The van der Waals surface area contributed by atoms with E-state index in [4.69, 9.17) is 5.10 Å². The summed E-state index contributed by atoms with van der Waals surface area (Å²) in [5.74, 6) is 1.66. The zero-order valence-electron chi connectivity index (χ0n) is 15.7. The predicted octanol–water partition coefficient (Wildman–Crippen LogP) is 2.51. The van der Waals surface area contributed by atoms with Crippen LogP contribution in [0.4, 0.5) is 5.82 Å². The molecule has 5 rings (SSSR count). The Morgan fingerprint density at radius 2 is 1.86 bits per heavy atom. The fourth-order valence-corrected chi connectivity index (χ4v) is 3.54. The van der Waals surface area contributed by atoms with Gasteiger partial charge in [0.1, 0.15) is 5.82 Å². The first-order valence-corrected chi connectivity index (χ1v) is 9.40. The molecule has 1 fully saturated rings. The standard InChI is InChI=1S/C21H21N7/c1-26(13-16-6-3-2-4-7-16)18-14-27(15-18)20-10-9-19-23-24-21(28(19)25-20)17-8-5-11-22-12-17/h2-12,18H,13-15H2,1H3. The number of fused-ring (bicyclic) bond motifs is 1. The van der Waals surface area contributed by atoms with E-state index in [9.17, 15) is 0 Å². The molecule has 28 heavy (non-hydrogen) atoms. The Kier molecular flexibility index (Phi) is 4.21. The minimum absolute atomic E-state index is 0.524. The maximum absolute atomic E-state index is 4.78. The Morgan fingerprint density at radius 3 is 2.64 bits per heavy atom. The third-order valence-corrected chi connectivity index (χ3v) is 5.25. The largest absolute Gasteiger partial charge is 0.352 e. The lowest BCUT2D eigenvalue weighted by molar-refractivity contribution is 0.196. The van der Waals surface area contributed by atoms with Crippen LogP contribution in [-0.4, -0.2) is 55.9 Å². The molecule has 7 nitrogen and oxygen atoms in total. The molecule has 0 radical (unpaired) electrons. The van der Waals surface area contributed by atoms with Crippen molar-refractivity contribution in [1.82, 2.24) is 29.7 Å². The van der Waals surface area contributed by atoms with Crippen molar-refractivity contribution in [3.63, 3.8) is 0 Å². The van der Waals surface area contributed by atoms with Crippen molar-refractivity contribution in [3.8, 4) is 11.4 Å². The molecule has 1 aromatic carbocycles. The molecule has 3 aromatic heterocycles. The van der Waals surface area contributed by atoms with E-state index in [0.717, 1.165) is 36.7 Å². The minimum Gasteiger partial charge on any atom is -0.352 e. The van der Waals surface area contributed by atoms with E-state index >= 15 is 0 Å². The van der Waals surface area contributed by atoms with Crippen molar-refractivity contribution < 1.29 is 0 Å². The summed E-state index contributed by atoms with van der Waals surface area (Å²) in [5, 5.41) is 13.3. The van der Waals surface area contributed by atoms with E-state index in [0.29, 0.717) is 11.9 Å². The number of rotatable bonds is 5. The number of hydrogen-bond donors (Lipinski definition) is 0. The number of pyridine rings is 1. The highest BCUT2D eigenvalue weighted by Crippen LogP contribution is 2.24. The Balaban J connectivity index is 1.31. The van der Waals surface area contributed by atoms with Crippen molar-refractivity contribution >= 4 is 11.5 Å². The van der Waals surface area contributed by atoms with Crippen LogP contribution in [0.15, 0.2) is 67.0 Å². The molecule has 7 heteroatoms. The molecule has 0 aliphatic carbocycles. The third-order valence-electron chi connectivity index (χ3n) is 5.25. The first-order chi connectivity index (χ1) is 13.8. The summed E-state index contributed by atoms with van der Waals surface area (Å²) in [6, 6.07) is 19.0. The second-order valence-electron chi connectivity index (χ2n) is 7.19. The molecule has 0 atom stereocenters. The monoisotopic (exact) mass is 371 g/mol. The maximum atomic E-state index is 4.78. The molecule has 0 spiro atoms. The SMILES string of the molecule is CN(Cc1ccccc1)C1CN(c2ccc3nnc(-c4cccnc4)n3n2)C1. The van der Waals surface area contributed by atoms with Gasteiger partial charge in [-0.05, 0) is 36.9 Å². The highest BCUT2D eigenvalue weighted by atomic mass is 15.4. The maximum Gasteiger partial charge on any atom is 0.187 e. The average molecular weight is 371 g/mol. The summed E-state index contributed by atoms with van der Waals surface area (Å²) in [6.07, 6.45) is 3.53. The van der Waals surface area contributed by atoms with Crippen molar-refractivity contribution in [2.24, 2.45) is 0 Å². The second kappa shape index (κ2) is 7.01. The Bertz CT molecular complexity index is 1070. The van der Waals surface area contributed by atoms with Gasteiger partial charge in [0.05, 0.1) is 0 Å². The molecule has 1 saturated heterocycles. The molecule has 0 amide bonds. The highest BCUT2D eigenvalue weighted by molar-refractivity contribution is 5.58. The van der Waals surface area contributed by atoms with Gasteiger partial charge >= 0.3 is 0 Å². The molecule has 0 bridgehead atoms. The van der Waals surface area contributed by atoms with Gasteiger partial charge in [-0.25, -0.2) is 0 Å². The minimum atomic E-state index is 0.524. The fourth-order valence-electron chi connectivity index (χ4n) is 3.54. The number of anilines is 1. The summed E-state index contributed by atoms with van der Waals surface area (Å²) >= 11 is 0. The van der Waals surface area contributed by atoms with E-state index in [1.807, 2.05) is 24.3 Å². The predicted molar refractivity (Wildman–Crippen MR) is 108 cm³/mol. The molecule has 0 unspecified atom stereocenters. The number of aromatic nitrogens is 5. The van der Waals surface area contributed by atoms with Crippen LogP contribution in [0, 0.1) is 0 Å². The number of likely N-dealkylation sites (N-methyl/N-ethyl adjacent to an activating group) is 1. The second-order valence-corrected chi connectivity index (χ2v) is 7.19. The molecular weight excluding hydrogens is 350 g/mol. The zero-order valence-corrected chi connectivity index (χ0v) is 15.7. The molecular formula is C21H21N7. The van der Waals surface area contributed by atoms with E-state index in [1.54, 1.807) is 16.9 Å². The van der Waals surface area contributed by atoms with Gasteiger partial charge in [0, 0.05) is 43.6 Å². The van der Waals surface area contributed by atoms with Crippen molar-refractivity contribution in [2.45, 2.75) is 12.6 Å². The normalized spacial score (nSPS) is 14.6. The van der Waals surface area contributed by atoms with Gasteiger partial charge in [0.2, 0.25) is 0 Å². The van der Waals surface area contributed by atoms with Crippen molar-refractivity contribution in [1.29, 1.82) is 0 Å². The Morgan fingerprint density at radius 1 is 1.00 bits per heavy atom. The Hall–Kier alpha value is -3.32. The van der Waals surface area contributed by atoms with E-state index in [2.05, 4.69) is 62.4 Å². The van der Waals surface area contributed by atoms with Crippen LogP contribution >= 0.6 is 0 Å². The average Bonchev–Trinajstić information content (AvgIpc) is 3.12. The topological polar surface area (TPSA) is 62.5 Å². The first-order valence-electron chi connectivity index (χ1n) is 9.40. The fraction of sp³-hybridized carbons (Fsp3) is 0.238. The lowest BCUT2D eigenvalue weighted by Crippen LogP contribution is -2.58. The van der Waals surface area contributed by atoms with Gasteiger partial charge in [-0.2, -0.15) is 4.52 Å². The lowest BCUT2D eigenvalue weighted by Gasteiger charge is -2.44. The van der Waals surface area contributed by atoms with Crippen LogP contribution in [0.5, 0.6) is 0 Å². The van der Waals surface area contributed by atoms with Gasteiger partial charge < -0.3 is 4.90 Å². The van der Waals surface area contributed by atoms with Gasteiger partial charge in [0.25, 0.3) is 0 Å². The molecule has 4 heterocycles. The third kappa shape index (κ3) is 3.10. The molecule has 140 valence electrons. The Labute approximate surface area is 163 Å². The zero-order chi connectivity index (χ0) is 18.9. The van der Waals surface area contributed by atoms with Gasteiger partial charge in [0.15, 0.2) is 11.5 Å². The van der Waals surface area contributed by atoms with Crippen LogP contribution < -0.4 is 4.90 Å². The van der Waals surface area contributed by atoms with Crippen LogP contribution in [0.25, 0.3) is 17.0 Å².